The third kappa shape index (κ3) is 9.40. The van der Waals surface area contributed by atoms with Gasteiger partial charge in [0.15, 0.2) is 5.78 Å². The van der Waals surface area contributed by atoms with E-state index in [1.54, 1.807) is 0 Å². The van der Waals surface area contributed by atoms with E-state index in [0.717, 1.165) is 17.7 Å². The van der Waals surface area contributed by atoms with Gasteiger partial charge in [-0.15, -0.1) is 34.9 Å². The van der Waals surface area contributed by atoms with Crippen molar-refractivity contribution in [1.82, 2.24) is 4.98 Å². The molecule has 2 aromatic carbocycles. The van der Waals surface area contributed by atoms with Crippen molar-refractivity contribution in [3.05, 3.63) is 77.2 Å². The zero-order valence-corrected chi connectivity index (χ0v) is 28.4. The summed E-state index contributed by atoms with van der Waals surface area (Å²) in [6, 6.07) is 16.7. The summed E-state index contributed by atoms with van der Waals surface area (Å²) in [6.07, 6.45) is 4.43. The Kier molecular flexibility index (Phi) is 11.9. The fourth-order valence-corrected chi connectivity index (χ4v) is 3.94. The number of hydrogen-bond donors (Lipinski definition) is 1. The maximum Gasteiger partial charge on any atom is 0.164 e. The van der Waals surface area contributed by atoms with Gasteiger partial charge in [0, 0.05) is 43.2 Å². The topological polar surface area (TPSA) is 50.2 Å². The predicted molar refractivity (Wildman–Crippen MR) is 163 cm³/mol. The minimum Gasteiger partial charge on any atom is -0.512 e. The number of aliphatic hydroxyl groups is 1. The predicted octanol–water partition coefficient (Wildman–Crippen LogP) is 9.91. The van der Waals surface area contributed by atoms with E-state index in [1.807, 2.05) is 47.7 Å². The number of aryl methyl sites for hydroxylation is 1. The van der Waals surface area contributed by atoms with Gasteiger partial charge in [-0.25, -0.2) is 0 Å². The van der Waals surface area contributed by atoms with Gasteiger partial charge in [0.05, 0.1) is 0 Å². The van der Waals surface area contributed by atoms with Gasteiger partial charge in [-0.1, -0.05) is 119 Å². The number of aromatic nitrogens is 1. The minimum atomic E-state index is -0.417. The van der Waals surface area contributed by atoms with Crippen molar-refractivity contribution >= 4 is 16.6 Å². The quantitative estimate of drug-likeness (QED) is 0.167. The van der Waals surface area contributed by atoms with Crippen molar-refractivity contribution in [1.29, 1.82) is 0 Å². The first-order valence-electron chi connectivity index (χ1n) is 13.7. The maximum atomic E-state index is 11.5. The van der Waals surface area contributed by atoms with Gasteiger partial charge in [-0.3, -0.25) is 4.79 Å². The van der Waals surface area contributed by atoms with Gasteiger partial charge in [0.25, 0.3) is 0 Å². The summed E-state index contributed by atoms with van der Waals surface area (Å²) in [5, 5.41) is 12.1. The Morgan fingerprint density at radius 3 is 2.10 bits per heavy atom. The van der Waals surface area contributed by atoms with Gasteiger partial charge >= 0.3 is 0 Å². The largest absolute Gasteiger partial charge is 0.512 e. The van der Waals surface area contributed by atoms with E-state index in [1.165, 1.54) is 33.5 Å². The standard InChI is InChI=1S/C24H28N.C11H20O2.Ir/c1-7-17(3)22-21-11-9-8-10-18(21)15-25-23(22)19-12-16(2)13-20(14-19)24(4,5)6;1-10(2,3)8(12)7-9(13)11(4,5)6;/h8-11,13-15,17H,7H2,1-6H3;7,12H,1-6H3;/q-1;;/b;8-7-;. The third-order valence-electron chi connectivity index (χ3n) is 6.84. The molecule has 0 aliphatic rings. The molecule has 4 heteroatoms. The first-order valence-corrected chi connectivity index (χ1v) is 13.7. The van der Waals surface area contributed by atoms with Gasteiger partial charge in [-0.2, -0.15) is 0 Å². The molecule has 3 rings (SSSR count). The number of pyridine rings is 1. The Morgan fingerprint density at radius 2 is 1.59 bits per heavy atom. The molecule has 0 amide bonds. The van der Waals surface area contributed by atoms with E-state index in [0.29, 0.717) is 5.92 Å². The Morgan fingerprint density at radius 1 is 1.00 bits per heavy atom. The van der Waals surface area contributed by atoms with Crippen LogP contribution in [-0.4, -0.2) is 15.9 Å². The van der Waals surface area contributed by atoms with Crippen molar-refractivity contribution in [2.75, 3.05) is 0 Å². The van der Waals surface area contributed by atoms with Crippen LogP contribution in [0, 0.1) is 23.8 Å². The van der Waals surface area contributed by atoms with Crippen LogP contribution in [0.3, 0.4) is 0 Å². The van der Waals surface area contributed by atoms with E-state index < -0.39 is 5.41 Å². The summed E-state index contributed by atoms with van der Waals surface area (Å²) in [7, 11) is 0. The number of ketones is 1. The summed E-state index contributed by atoms with van der Waals surface area (Å²) in [5.41, 5.74) is 5.41. The van der Waals surface area contributed by atoms with Crippen molar-refractivity contribution < 1.29 is 30.0 Å². The van der Waals surface area contributed by atoms with Crippen molar-refractivity contribution in [2.24, 2.45) is 10.8 Å². The molecule has 0 saturated carbocycles. The average molecular weight is 707 g/mol. The van der Waals surface area contributed by atoms with Crippen molar-refractivity contribution in [3.63, 3.8) is 0 Å². The van der Waals surface area contributed by atoms with Gasteiger partial charge in [0.2, 0.25) is 0 Å². The Balaban J connectivity index is 0.000000466. The molecule has 215 valence electrons. The van der Waals surface area contributed by atoms with Crippen LogP contribution in [-0.2, 0) is 30.3 Å². The SMILES string of the molecule is CC(C)(C)C(=O)/C=C(\O)C(C)(C)C.CCC(C)c1c(-c2[c-]c(C)cc(C(C)(C)C)c2)ncc2ccccc12.[Ir]. The van der Waals surface area contributed by atoms with E-state index in [4.69, 9.17) is 4.98 Å². The average Bonchev–Trinajstić information content (AvgIpc) is 2.81. The van der Waals surface area contributed by atoms with Crippen LogP contribution in [0.5, 0.6) is 0 Å². The molecule has 1 radical (unpaired) electrons. The number of aliphatic hydroxyl groups excluding tert-OH is 1. The summed E-state index contributed by atoms with van der Waals surface area (Å²) >= 11 is 0. The van der Waals surface area contributed by atoms with Crippen LogP contribution in [0.1, 0.15) is 105 Å². The Hall–Kier alpha value is -2.29. The van der Waals surface area contributed by atoms with Crippen LogP contribution >= 0.6 is 0 Å². The van der Waals surface area contributed by atoms with E-state index in [2.05, 4.69) is 84.0 Å². The first-order chi connectivity index (χ1) is 17.4. The molecule has 3 nitrogen and oxygen atoms in total. The molecule has 3 aromatic rings. The van der Waals surface area contributed by atoms with Crippen LogP contribution in [0.2, 0.25) is 0 Å². The molecule has 0 aliphatic carbocycles. The smallest absolute Gasteiger partial charge is 0.164 e. The number of carbonyl (C=O) groups excluding carboxylic acids is 1. The number of allylic oxidation sites excluding steroid dienone is 2. The summed E-state index contributed by atoms with van der Waals surface area (Å²) in [6.45, 7) is 24.6. The molecule has 0 bridgehead atoms. The molecule has 1 unspecified atom stereocenters. The number of nitrogens with zero attached hydrogens (tertiary/aromatic N) is 1. The zero-order chi connectivity index (χ0) is 29.1. The normalized spacial score (nSPS) is 13.3. The molecule has 0 spiro atoms. The molecule has 0 saturated heterocycles. The molecule has 1 aromatic heterocycles. The van der Waals surface area contributed by atoms with Crippen molar-refractivity contribution in [3.8, 4) is 11.3 Å². The van der Waals surface area contributed by atoms with E-state index in [-0.39, 0.29) is 42.5 Å². The Labute approximate surface area is 250 Å². The maximum absolute atomic E-state index is 11.5. The fraction of sp³-hybridized carbons (Fsp3) is 0.486. The van der Waals surface area contributed by atoms with Crippen LogP contribution in [0.4, 0.5) is 0 Å². The minimum absolute atomic E-state index is 0. The molecule has 39 heavy (non-hydrogen) atoms. The first kappa shape index (κ1) is 34.7. The second-order valence-corrected chi connectivity index (χ2v) is 13.5. The van der Waals surface area contributed by atoms with Gasteiger partial charge in [-0.05, 0) is 27.8 Å². The zero-order valence-electron chi connectivity index (χ0n) is 26.0. The number of fused-ring (bicyclic) bond motifs is 1. The monoisotopic (exact) mass is 707 g/mol. The molecule has 1 atom stereocenters. The summed E-state index contributed by atoms with van der Waals surface area (Å²) < 4.78 is 0. The second-order valence-electron chi connectivity index (χ2n) is 13.5. The molecule has 0 aliphatic heterocycles. The van der Waals surface area contributed by atoms with Gasteiger partial charge in [0.1, 0.15) is 5.76 Å². The van der Waals surface area contributed by atoms with E-state index in [9.17, 15) is 9.90 Å². The second kappa shape index (κ2) is 13.4. The number of rotatable bonds is 4. The molecular weight excluding hydrogens is 659 g/mol. The summed E-state index contributed by atoms with van der Waals surface area (Å²) in [5.74, 6) is 0.563. The van der Waals surface area contributed by atoms with E-state index >= 15 is 0 Å². The van der Waals surface area contributed by atoms with Crippen LogP contribution in [0.25, 0.3) is 22.0 Å². The number of carbonyl (C=O) groups is 1. The number of benzene rings is 2. The molecular formula is C35H48IrNO2-. The molecule has 1 N–H and O–H groups in total. The molecule has 0 fully saturated rings. The van der Waals surface area contributed by atoms with Crippen molar-refractivity contribution in [2.45, 2.75) is 101 Å². The third-order valence-corrected chi connectivity index (χ3v) is 6.84. The number of hydrogen-bond acceptors (Lipinski definition) is 3. The fourth-order valence-electron chi connectivity index (χ4n) is 3.94. The van der Waals surface area contributed by atoms with Crippen LogP contribution in [0.15, 0.2) is 54.4 Å². The summed E-state index contributed by atoms with van der Waals surface area (Å²) in [4.78, 5) is 16.4. The molecule has 1 heterocycles. The Bertz CT molecular complexity index is 1300. The van der Waals surface area contributed by atoms with Crippen LogP contribution < -0.4 is 0 Å². The van der Waals surface area contributed by atoms with Gasteiger partial charge < -0.3 is 10.1 Å².